The topological polar surface area (TPSA) is 20.2 Å². The highest BCUT2D eigenvalue weighted by Crippen LogP contribution is 2.51. The second-order valence-electron chi connectivity index (χ2n) is 3.96. The van der Waals surface area contributed by atoms with Gasteiger partial charge in [-0.15, -0.1) is 11.8 Å². The monoisotopic (exact) mass is 330 g/mol. The molecule has 0 bridgehead atoms. The van der Waals surface area contributed by atoms with Gasteiger partial charge in [0, 0.05) is 10.1 Å². The highest BCUT2D eigenvalue weighted by Gasteiger charge is 2.24. The van der Waals surface area contributed by atoms with Crippen LogP contribution < -0.4 is 0 Å². The molecule has 1 nitrogen and oxygen atoms in total. The summed E-state index contributed by atoms with van der Waals surface area (Å²) in [4.78, 5) is 0.674. The molecule has 1 aliphatic carbocycles. The van der Waals surface area contributed by atoms with Gasteiger partial charge in [0.15, 0.2) is 5.75 Å². The summed E-state index contributed by atoms with van der Waals surface area (Å²) in [7, 11) is 0. The second kappa shape index (κ2) is 5.66. The van der Waals surface area contributed by atoms with E-state index in [0.29, 0.717) is 10.1 Å². The first-order valence-electron chi connectivity index (χ1n) is 5.24. The maximum Gasteiger partial charge on any atom is 0.155 e. The van der Waals surface area contributed by atoms with Crippen molar-refractivity contribution >= 4 is 58.2 Å². The molecule has 0 aromatic heterocycles. The van der Waals surface area contributed by atoms with Gasteiger partial charge in [-0.2, -0.15) is 0 Å². The lowest BCUT2D eigenvalue weighted by Crippen LogP contribution is -1.95. The largest absolute Gasteiger partial charge is 0.505 e. The van der Waals surface area contributed by atoms with Crippen molar-refractivity contribution < 1.29 is 5.11 Å². The summed E-state index contributed by atoms with van der Waals surface area (Å²) < 4.78 is 0. The van der Waals surface area contributed by atoms with E-state index in [4.69, 9.17) is 46.4 Å². The van der Waals surface area contributed by atoms with Crippen molar-refractivity contribution in [3.63, 3.8) is 0 Å². The van der Waals surface area contributed by atoms with Gasteiger partial charge in [-0.25, -0.2) is 0 Å². The zero-order valence-corrected chi connectivity index (χ0v) is 12.6. The van der Waals surface area contributed by atoms with E-state index < -0.39 is 0 Å². The Bertz CT molecular complexity index is 415. The summed E-state index contributed by atoms with van der Waals surface area (Å²) in [5, 5.41) is 10.8. The first kappa shape index (κ1) is 14.0. The summed E-state index contributed by atoms with van der Waals surface area (Å²) in [5.74, 6) is -0.251. The van der Waals surface area contributed by atoms with Crippen LogP contribution >= 0.6 is 58.2 Å². The predicted octanol–water partition coefficient (Wildman–Crippen LogP) is 6.04. The van der Waals surface area contributed by atoms with Crippen LogP contribution in [0.15, 0.2) is 4.90 Å². The highest BCUT2D eigenvalue weighted by atomic mass is 35.5. The number of phenols is 1. The number of aromatic hydroxyl groups is 1. The van der Waals surface area contributed by atoms with Crippen LogP contribution in [0, 0.1) is 0 Å². The molecule has 0 unspecified atom stereocenters. The van der Waals surface area contributed by atoms with E-state index in [1.807, 2.05) is 0 Å². The minimum absolute atomic E-state index is 0.0709. The fraction of sp³-hybridized carbons (Fsp3) is 0.455. The Hall–Kier alpha value is 0.530. The third-order valence-corrected chi connectivity index (χ3v) is 6.14. The Labute approximate surface area is 124 Å². The van der Waals surface area contributed by atoms with E-state index in [1.54, 1.807) is 11.8 Å². The standard InChI is InChI=1S/C11H10Cl4OS/c12-6-8(14)11(9(15)7(13)10(6)16)17-5-3-1-2-4-5/h5,16H,1-4H2. The smallest absolute Gasteiger partial charge is 0.155 e. The Balaban J connectivity index is 2.38. The molecule has 0 saturated heterocycles. The van der Waals surface area contributed by atoms with Crippen LogP contribution in [0.3, 0.4) is 0 Å². The second-order valence-corrected chi connectivity index (χ2v) is 6.78. The lowest BCUT2D eigenvalue weighted by atomic mass is 10.3. The Morgan fingerprint density at radius 3 is 1.82 bits per heavy atom. The minimum atomic E-state index is -0.251. The molecule has 1 fully saturated rings. The molecular formula is C11H10Cl4OS. The van der Waals surface area contributed by atoms with Gasteiger partial charge in [0.1, 0.15) is 10.0 Å². The molecule has 1 N–H and O–H groups in total. The van der Waals surface area contributed by atoms with Crippen molar-refractivity contribution in [3.05, 3.63) is 20.1 Å². The zero-order valence-electron chi connectivity index (χ0n) is 8.77. The maximum absolute atomic E-state index is 9.61. The Kier molecular flexibility index (Phi) is 4.65. The molecule has 0 heterocycles. The van der Waals surface area contributed by atoms with Crippen LogP contribution in [0.5, 0.6) is 5.75 Å². The van der Waals surface area contributed by atoms with Gasteiger partial charge in [-0.1, -0.05) is 59.2 Å². The van der Waals surface area contributed by atoms with E-state index in [0.717, 1.165) is 12.8 Å². The van der Waals surface area contributed by atoms with Crippen LogP contribution in [-0.2, 0) is 0 Å². The lowest BCUT2D eigenvalue weighted by molar-refractivity contribution is 0.475. The summed E-state index contributed by atoms with van der Waals surface area (Å²) in [6.45, 7) is 0. The Morgan fingerprint density at radius 1 is 0.882 bits per heavy atom. The highest BCUT2D eigenvalue weighted by molar-refractivity contribution is 8.00. The van der Waals surface area contributed by atoms with Crippen LogP contribution in [0.4, 0.5) is 0 Å². The van der Waals surface area contributed by atoms with Gasteiger partial charge < -0.3 is 5.11 Å². The van der Waals surface area contributed by atoms with Crippen molar-refractivity contribution in [2.75, 3.05) is 0 Å². The van der Waals surface area contributed by atoms with Crippen LogP contribution in [0.1, 0.15) is 25.7 Å². The molecule has 1 aliphatic rings. The molecule has 6 heteroatoms. The van der Waals surface area contributed by atoms with Crippen molar-refractivity contribution in [1.82, 2.24) is 0 Å². The number of phenolic OH excluding ortho intramolecular Hbond substituents is 1. The quantitative estimate of drug-likeness (QED) is 0.666. The van der Waals surface area contributed by atoms with Gasteiger partial charge in [-0.05, 0) is 12.8 Å². The van der Waals surface area contributed by atoms with Crippen molar-refractivity contribution in [2.45, 2.75) is 35.8 Å². The van der Waals surface area contributed by atoms with Gasteiger partial charge in [0.05, 0.1) is 10.0 Å². The minimum Gasteiger partial charge on any atom is -0.505 e. The zero-order chi connectivity index (χ0) is 12.6. The lowest BCUT2D eigenvalue weighted by Gasteiger charge is -2.15. The molecule has 0 radical (unpaired) electrons. The molecule has 1 saturated carbocycles. The summed E-state index contributed by atoms with van der Waals surface area (Å²) in [6.07, 6.45) is 4.75. The average Bonchev–Trinajstić information content (AvgIpc) is 2.82. The molecule has 94 valence electrons. The predicted molar refractivity (Wildman–Crippen MR) is 76.3 cm³/mol. The summed E-state index contributed by atoms with van der Waals surface area (Å²) in [6, 6.07) is 0. The average molecular weight is 332 g/mol. The maximum atomic E-state index is 9.61. The first-order chi connectivity index (χ1) is 8.02. The van der Waals surface area contributed by atoms with Crippen LogP contribution in [0.25, 0.3) is 0 Å². The third kappa shape index (κ3) is 2.76. The van der Waals surface area contributed by atoms with E-state index in [2.05, 4.69) is 0 Å². The number of thioether (sulfide) groups is 1. The molecule has 1 aromatic rings. The molecule has 0 atom stereocenters. The molecule has 0 spiro atoms. The van der Waals surface area contributed by atoms with E-state index in [1.165, 1.54) is 12.8 Å². The fourth-order valence-electron chi connectivity index (χ4n) is 1.88. The number of benzene rings is 1. The van der Waals surface area contributed by atoms with Crippen LogP contribution in [0.2, 0.25) is 20.1 Å². The van der Waals surface area contributed by atoms with Gasteiger partial charge in [0.25, 0.3) is 0 Å². The number of rotatable bonds is 2. The molecule has 17 heavy (non-hydrogen) atoms. The molecule has 1 aromatic carbocycles. The van der Waals surface area contributed by atoms with Crippen LogP contribution in [-0.4, -0.2) is 10.4 Å². The molecule has 0 amide bonds. The van der Waals surface area contributed by atoms with Crippen molar-refractivity contribution in [3.8, 4) is 5.75 Å². The normalized spacial score (nSPS) is 16.7. The van der Waals surface area contributed by atoms with Gasteiger partial charge >= 0.3 is 0 Å². The van der Waals surface area contributed by atoms with Gasteiger partial charge in [0.2, 0.25) is 0 Å². The summed E-state index contributed by atoms with van der Waals surface area (Å²) in [5.41, 5.74) is 0. The van der Waals surface area contributed by atoms with E-state index in [-0.39, 0.29) is 25.8 Å². The Morgan fingerprint density at radius 2 is 1.35 bits per heavy atom. The number of hydrogen-bond donors (Lipinski definition) is 1. The van der Waals surface area contributed by atoms with E-state index >= 15 is 0 Å². The number of hydrogen-bond acceptors (Lipinski definition) is 2. The first-order valence-corrected chi connectivity index (χ1v) is 7.63. The SMILES string of the molecule is Oc1c(Cl)c(Cl)c(SC2CCCC2)c(Cl)c1Cl. The molecular weight excluding hydrogens is 322 g/mol. The third-order valence-electron chi connectivity index (χ3n) is 2.79. The van der Waals surface area contributed by atoms with Gasteiger partial charge in [-0.3, -0.25) is 0 Å². The van der Waals surface area contributed by atoms with Crippen molar-refractivity contribution in [1.29, 1.82) is 0 Å². The fourth-order valence-corrected chi connectivity index (χ4v) is 4.41. The van der Waals surface area contributed by atoms with E-state index in [9.17, 15) is 5.11 Å². The molecule has 0 aliphatic heterocycles. The molecule has 2 rings (SSSR count). The number of halogens is 4. The summed E-state index contributed by atoms with van der Waals surface area (Å²) >= 11 is 25.6. The van der Waals surface area contributed by atoms with Crippen molar-refractivity contribution in [2.24, 2.45) is 0 Å².